The summed E-state index contributed by atoms with van der Waals surface area (Å²) in [6.45, 7) is 2.03. The first-order valence-corrected chi connectivity index (χ1v) is 6.45. The molecule has 0 radical (unpaired) electrons. The Morgan fingerprint density at radius 2 is 2.25 bits per heavy atom. The molecule has 0 aliphatic rings. The summed E-state index contributed by atoms with van der Waals surface area (Å²) in [5, 5.41) is 8.46. The molecule has 1 heterocycles. The third-order valence-electron chi connectivity index (χ3n) is 2.67. The Morgan fingerprint density at radius 1 is 1.50 bits per heavy atom. The molecule has 0 atom stereocenters. The zero-order valence-electron chi connectivity index (χ0n) is 11.5. The molecule has 0 saturated heterocycles. The summed E-state index contributed by atoms with van der Waals surface area (Å²) >= 11 is 6.18. The second-order valence-corrected chi connectivity index (χ2v) is 4.66. The molecule has 108 valence electrons. The summed E-state index contributed by atoms with van der Waals surface area (Å²) in [7, 11) is 3.79. The number of ether oxygens (including phenoxy) is 1. The number of hydrogen-bond donors (Lipinski definition) is 3. The first-order chi connectivity index (χ1) is 9.54. The monoisotopic (exact) mass is 297 g/mol. The maximum atomic E-state index is 11.2. The van der Waals surface area contributed by atoms with Crippen molar-refractivity contribution in [2.24, 2.45) is 0 Å². The molecule has 20 heavy (non-hydrogen) atoms. The van der Waals surface area contributed by atoms with E-state index in [2.05, 4.69) is 21.0 Å². The van der Waals surface area contributed by atoms with Gasteiger partial charge in [-0.25, -0.2) is 10.2 Å². The van der Waals surface area contributed by atoms with E-state index in [1.165, 1.54) is 0 Å². The Morgan fingerprint density at radius 3 is 2.90 bits per heavy atom. The van der Waals surface area contributed by atoms with Crippen LogP contribution in [-0.2, 0) is 4.74 Å². The quantitative estimate of drug-likeness (QED) is 0.755. The van der Waals surface area contributed by atoms with Crippen molar-refractivity contribution in [3.8, 4) is 0 Å². The number of anilines is 2. The van der Waals surface area contributed by atoms with E-state index in [4.69, 9.17) is 16.3 Å². The second-order valence-electron chi connectivity index (χ2n) is 4.26. The number of rotatable bonds is 4. The minimum Gasteiger partial charge on any atom is -0.449 e. The average Bonchev–Trinajstić information content (AvgIpc) is 2.79. The van der Waals surface area contributed by atoms with Gasteiger partial charge >= 0.3 is 6.09 Å². The Hall–Kier alpha value is -2.15. The zero-order chi connectivity index (χ0) is 14.7. The van der Waals surface area contributed by atoms with Crippen LogP contribution in [0.3, 0.4) is 0 Å². The van der Waals surface area contributed by atoms with Gasteiger partial charge in [0, 0.05) is 19.5 Å². The predicted molar refractivity (Wildman–Crippen MR) is 79.2 cm³/mol. The van der Waals surface area contributed by atoms with Crippen LogP contribution in [0.4, 0.5) is 16.3 Å². The van der Waals surface area contributed by atoms with Crippen molar-refractivity contribution in [3.63, 3.8) is 0 Å². The number of H-pyrrole nitrogens is 1. The summed E-state index contributed by atoms with van der Waals surface area (Å²) in [6.07, 6.45) is -0.564. The molecule has 0 spiro atoms. The molecule has 0 bridgehead atoms. The van der Waals surface area contributed by atoms with E-state index in [1.54, 1.807) is 13.0 Å². The Bertz CT molecular complexity index is 626. The largest absolute Gasteiger partial charge is 0.449 e. The van der Waals surface area contributed by atoms with E-state index in [0.717, 1.165) is 16.6 Å². The summed E-state index contributed by atoms with van der Waals surface area (Å²) in [5.41, 5.74) is 6.73. The van der Waals surface area contributed by atoms with Crippen molar-refractivity contribution in [1.29, 1.82) is 0 Å². The zero-order valence-corrected chi connectivity index (χ0v) is 12.2. The Balaban J connectivity index is 2.29. The lowest BCUT2D eigenvalue weighted by Gasteiger charge is -2.15. The fourth-order valence-corrected chi connectivity index (χ4v) is 2.18. The first-order valence-electron chi connectivity index (χ1n) is 6.07. The number of carbonyl (C=O) groups excluding carboxylic acids is 1. The molecule has 0 aliphatic carbocycles. The number of amides is 1. The third-order valence-corrected chi connectivity index (χ3v) is 2.97. The van der Waals surface area contributed by atoms with E-state index in [-0.39, 0.29) is 0 Å². The molecule has 1 amide bonds. The maximum Gasteiger partial charge on any atom is 0.425 e. The molecule has 2 aromatic rings. The van der Waals surface area contributed by atoms with Gasteiger partial charge in [0.25, 0.3) is 0 Å². The Kier molecular flexibility index (Phi) is 4.19. The third kappa shape index (κ3) is 2.72. The number of hydrazine groups is 1. The summed E-state index contributed by atoms with van der Waals surface area (Å²) in [4.78, 5) is 13.1. The van der Waals surface area contributed by atoms with Crippen LogP contribution in [0.5, 0.6) is 0 Å². The average molecular weight is 298 g/mol. The van der Waals surface area contributed by atoms with Gasteiger partial charge in [0.05, 0.1) is 22.8 Å². The normalized spacial score (nSPS) is 10.4. The van der Waals surface area contributed by atoms with Gasteiger partial charge in [0.2, 0.25) is 0 Å². The van der Waals surface area contributed by atoms with Crippen molar-refractivity contribution in [3.05, 3.63) is 17.2 Å². The number of halogens is 1. The van der Waals surface area contributed by atoms with Crippen LogP contribution < -0.4 is 15.8 Å². The van der Waals surface area contributed by atoms with Gasteiger partial charge in [0.15, 0.2) is 5.82 Å². The number of fused-ring (bicyclic) bond motifs is 1. The molecule has 7 nitrogen and oxygen atoms in total. The molecule has 0 unspecified atom stereocenters. The summed E-state index contributed by atoms with van der Waals surface area (Å²) in [6, 6.07) is 3.60. The van der Waals surface area contributed by atoms with Crippen molar-refractivity contribution in [2.45, 2.75) is 6.92 Å². The van der Waals surface area contributed by atoms with Crippen molar-refractivity contribution < 1.29 is 9.53 Å². The SMILES string of the molecule is CCOC(=O)NNc1n[nH]c2c(N(C)C)c(Cl)ccc12. The number of nitrogens with one attached hydrogen (secondary N) is 3. The van der Waals surface area contributed by atoms with Crippen LogP contribution in [0.1, 0.15) is 6.92 Å². The summed E-state index contributed by atoms with van der Waals surface area (Å²) in [5.74, 6) is 0.493. The molecule has 3 N–H and O–H groups in total. The minimum atomic E-state index is -0.564. The lowest BCUT2D eigenvalue weighted by Crippen LogP contribution is -2.30. The molecule has 1 aromatic carbocycles. The van der Waals surface area contributed by atoms with Crippen LogP contribution in [0.25, 0.3) is 10.9 Å². The highest BCUT2D eigenvalue weighted by Gasteiger charge is 2.14. The van der Waals surface area contributed by atoms with Crippen molar-refractivity contribution in [2.75, 3.05) is 31.0 Å². The highest BCUT2D eigenvalue weighted by atomic mass is 35.5. The minimum absolute atomic E-state index is 0.301. The smallest absolute Gasteiger partial charge is 0.425 e. The van der Waals surface area contributed by atoms with Crippen molar-refractivity contribution in [1.82, 2.24) is 15.6 Å². The van der Waals surface area contributed by atoms with Crippen molar-refractivity contribution >= 4 is 40.1 Å². The fourth-order valence-electron chi connectivity index (χ4n) is 1.86. The van der Waals surface area contributed by atoms with E-state index in [1.807, 2.05) is 25.1 Å². The van der Waals surface area contributed by atoms with Crippen LogP contribution in [0, 0.1) is 0 Å². The number of carbonyl (C=O) groups is 1. The number of nitrogens with zero attached hydrogens (tertiary/aromatic N) is 2. The van der Waals surface area contributed by atoms with Gasteiger partial charge in [-0.05, 0) is 19.1 Å². The van der Waals surface area contributed by atoms with Crippen LogP contribution in [0.15, 0.2) is 12.1 Å². The van der Waals surface area contributed by atoms with Crippen LogP contribution in [0.2, 0.25) is 5.02 Å². The number of aromatic amines is 1. The van der Waals surface area contributed by atoms with E-state index >= 15 is 0 Å². The van der Waals surface area contributed by atoms with Gasteiger partial charge in [-0.1, -0.05) is 11.6 Å². The standard InChI is InChI=1S/C12H16ClN5O2/c1-4-20-12(19)17-16-11-7-5-6-8(13)10(18(2)3)9(7)14-15-11/h5-6H,4H2,1-3H3,(H,17,19)(H2,14,15,16). The first kappa shape index (κ1) is 14.3. The number of hydrogen-bond acceptors (Lipinski definition) is 5. The molecule has 0 fully saturated rings. The molecule has 0 aliphatic heterocycles. The second kappa shape index (κ2) is 5.87. The lowest BCUT2D eigenvalue weighted by atomic mass is 10.2. The van der Waals surface area contributed by atoms with Gasteiger partial charge in [-0.3, -0.25) is 10.5 Å². The highest BCUT2D eigenvalue weighted by molar-refractivity contribution is 6.35. The number of aromatic nitrogens is 2. The molecule has 2 rings (SSSR count). The van der Waals surface area contributed by atoms with E-state index in [0.29, 0.717) is 17.4 Å². The van der Waals surface area contributed by atoms with Gasteiger partial charge in [0.1, 0.15) is 0 Å². The molecule has 0 saturated carbocycles. The van der Waals surface area contributed by atoms with E-state index in [9.17, 15) is 4.79 Å². The summed E-state index contributed by atoms with van der Waals surface area (Å²) < 4.78 is 4.75. The van der Waals surface area contributed by atoms with Gasteiger partial charge in [-0.2, -0.15) is 5.10 Å². The van der Waals surface area contributed by atoms with E-state index < -0.39 is 6.09 Å². The number of benzene rings is 1. The predicted octanol–water partition coefficient (Wildman–Crippen LogP) is 2.36. The molecular weight excluding hydrogens is 282 g/mol. The van der Waals surface area contributed by atoms with Gasteiger partial charge in [-0.15, -0.1) is 0 Å². The van der Waals surface area contributed by atoms with Crippen LogP contribution in [-0.4, -0.2) is 37.0 Å². The molecule has 1 aromatic heterocycles. The highest BCUT2D eigenvalue weighted by Crippen LogP contribution is 2.34. The topological polar surface area (TPSA) is 82.3 Å². The fraction of sp³-hybridized carbons (Fsp3) is 0.333. The lowest BCUT2D eigenvalue weighted by molar-refractivity contribution is 0.154. The molecule has 8 heteroatoms. The Labute approximate surface area is 121 Å². The maximum absolute atomic E-state index is 11.2. The molecular formula is C12H16ClN5O2. The van der Waals surface area contributed by atoms with Gasteiger partial charge < -0.3 is 9.64 Å². The van der Waals surface area contributed by atoms with Crippen LogP contribution >= 0.6 is 11.6 Å².